The molecule has 0 radical (unpaired) electrons. The fourth-order valence-electron chi connectivity index (χ4n) is 2.95. The fourth-order valence-corrected chi connectivity index (χ4v) is 2.95. The summed E-state index contributed by atoms with van der Waals surface area (Å²) in [5.41, 5.74) is 3.27. The van der Waals surface area contributed by atoms with Crippen LogP contribution in [0.4, 0.5) is 0 Å². The Morgan fingerprint density at radius 2 is 2.00 bits per heavy atom. The second kappa shape index (κ2) is 5.96. The van der Waals surface area contributed by atoms with Crippen LogP contribution in [0.3, 0.4) is 0 Å². The van der Waals surface area contributed by atoms with Crippen molar-refractivity contribution in [1.29, 1.82) is 0 Å². The van der Waals surface area contributed by atoms with Gasteiger partial charge in [0.05, 0.1) is 0 Å². The van der Waals surface area contributed by atoms with Crippen LogP contribution in [0, 0.1) is 12.8 Å². The first-order chi connectivity index (χ1) is 9.74. The zero-order chi connectivity index (χ0) is 13.9. The van der Waals surface area contributed by atoms with Gasteiger partial charge in [-0.05, 0) is 74.7 Å². The van der Waals surface area contributed by atoms with E-state index in [0.717, 1.165) is 36.7 Å². The van der Waals surface area contributed by atoms with Crippen LogP contribution >= 0.6 is 0 Å². The Morgan fingerprint density at radius 1 is 1.25 bits per heavy atom. The van der Waals surface area contributed by atoms with E-state index in [0.29, 0.717) is 5.92 Å². The molecule has 1 saturated carbocycles. The molecule has 0 unspecified atom stereocenters. The molecule has 2 N–H and O–H groups in total. The molecule has 1 saturated heterocycles. The summed E-state index contributed by atoms with van der Waals surface area (Å²) in [4.78, 5) is 12.3. The predicted octanol–water partition coefficient (Wildman–Crippen LogP) is 2.60. The first-order valence-corrected chi connectivity index (χ1v) is 7.83. The van der Waals surface area contributed by atoms with Crippen molar-refractivity contribution in [3.05, 3.63) is 34.9 Å². The SMILES string of the molecule is Cc1ccc(C2CCNCC2)cc1C(=O)NCC1CC1. The number of rotatable bonds is 4. The number of carbonyl (C=O) groups is 1. The van der Waals surface area contributed by atoms with Crippen LogP contribution in [0.5, 0.6) is 0 Å². The summed E-state index contributed by atoms with van der Waals surface area (Å²) in [6, 6.07) is 6.42. The molecule has 1 aromatic rings. The number of piperidine rings is 1. The first-order valence-electron chi connectivity index (χ1n) is 7.83. The number of amides is 1. The molecule has 0 atom stereocenters. The maximum absolute atomic E-state index is 12.3. The van der Waals surface area contributed by atoms with E-state index in [4.69, 9.17) is 0 Å². The van der Waals surface area contributed by atoms with Crippen LogP contribution in [-0.4, -0.2) is 25.5 Å². The molecular formula is C17H24N2O. The van der Waals surface area contributed by atoms with Gasteiger partial charge in [0.15, 0.2) is 0 Å². The van der Waals surface area contributed by atoms with E-state index in [9.17, 15) is 4.79 Å². The first kappa shape index (κ1) is 13.6. The summed E-state index contributed by atoms with van der Waals surface area (Å²) in [5, 5.41) is 6.47. The van der Waals surface area contributed by atoms with Gasteiger partial charge >= 0.3 is 0 Å². The lowest BCUT2D eigenvalue weighted by Gasteiger charge is -2.23. The molecule has 2 fully saturated rings. The quantitative estimate of drug-likeness (QED) is 0.884. The Kier molecular flexibility index (Phi) is 4.06. The lowest BCUT2D eigenvalue weighted by atomic mass is 9.88. The summed E-state index contributed by atoms with van der Waals surface area (Å²) >= 11 is 0. The van der Waals surface area contributed by atoms with E-state index in [-0.39, 0.29) is 5.91 Å². The summed E-state index contributed by atoms with van der Waals surface area (Å²) in [6.07, 6.45) is 4.89. The molecule has 1 heterocycles. The molecule has 3 nitrogen and oxygen atoms in total. The smallest absolute Gasteiger partial charge is 0.251 e. The van der Waals surface area contributed by atoms with Crippen molar-refractivity contribution < 1.29 is 4.79 Å². The average molecular weight is 272 g/mol. The molecule has 3 rings (SSSR count). The number of benzene rings is 1. The molecule has 108 valence electrons. The van der Waals surface area contributed by atoms with Gasteiger partial charge in [-0.3, -0.25) is 4.79 Å². The molecule has 0 aromatic heterocycles. The molecule has 1 aliphatic heterocycles. The largest absolute Gasteiger partial charge is 0.352 e. The van der Waals surface area contributed by atoms with Gasteiger partial charge in [-0.15, -0.1) is 0 Å². The number of hydrogen-bond acceptors (Lipinski definition) is 2. The van der Waals surface area contributed by atoms with Gasteiger partial charge in [-0.1, -0.05) is 12.1 Å². The number of carbonyl (C=O) groups excluding carboxylic acids is 1. The fraction of sp³-hybridized carbons (Fsp3) is 0.588. The summed E-state index contributed by atoms with van der Waals surface area (Å²) in [6.45, 7) is 5.04. The van der Waals surface area contributed by atoms with E-state index < -0.39 is 0 Å². The predicted molar refractivity (Wildman–Crippen MR) is 81.1 cm³/mol. The van der Waals surface area contributed by atoms with Crippen molar-refractivity contribution in [1.82, 2.24) is 10.6 Å². The summed E-state index contributed by atoms with van der Waals surface area (Å²) < 4.78 is 0. The summed E-state index contributed by atoms with van der Waals surface area (Å²) in [7, 11) is 0. The highest BCUT2D eigenvalue weighted by Gasteiger charge is 2.23. The van der Waals surface area contributed by atoms with Crippen LogP contribution in [0.1, 0.15) is 53.1 Å². The van der Waals surface area contributed by atoms with E-state index in [1.165, 1.54) is 31.2 Å². The van der Waals surface area contributed by atoms with E-state index in [1.807, 2.05) is 6.92 Å². The number of nitrogens with one attached hydrogen (secondary N) is 2. The van der Waals surface area contributed by atoms with Crippen molar-refractivity contribution in [3.8, 4) is 0 Å². The Hall–Kier alpha value is -1.35. The lowest BCUT2D eigenvalue weighted by molar-refractivity contribution is 0.0951. The third-order valence-electron chi connectivity index (χ3n) is 4.57. The van der Waals surface area contributed by atoms with Gasteiger partial charge in [0.1, 0.15) is 0 Å². The van der Waals surface area contributed by atoms with Crippen LogP contribution in [0.25, 0.3) is 0 Å². The zero-order valence-electron chi connectivity index (χ0n) is 12.2. The summed E-state index contributed by atoms with van der Waals surface area (Å²) in [5.74, 6) is 1.43. The second-order valence-electron chi connectivity index (χ2n) is 6.25. The van der Waals surface area contributed by atoms with Crippen LogP contribution < -0.4 is 10.6 Å². The highest BCUT2D eigenvalue weighted by Crippen LogP contribution is 2.28. The van der Waals surface area contributed by atoms with Gasteiger partial charge in [0.2, 0.25) is 0 Å². The van der Waals surface area contributed by atoms with E-state index in [1.54, 1.807) is 0 Å². The number of hydrogen-bond donors (Lipinski definition) is 2. The van der Waals surface area contributed by atoms with Crippen molar-refractivity contribution in [3.63, 3.8) is 0 Å². The van der Waals surface area contributed by atoms with E-state index in [2.05, 4.69) is 28.8 Å². The Bertz CT molecular complexity index is 488. The van der Waals surface area contributed by atoms with E-state index >= 15 is 0 Å². The van der Waals surface area contributed by atoms with Crippen molar-refractivity contribution in [2.75, 3.05) is 19.6 Å². The topological polar surface area (TPSA) is 41.1 Å². The van der Waals surface area contributed by atoms with Gasteiger partial charge in [-0.2, -0.15) is 0 Å². The minimum atomic E-state index is 0.102. The molecular weight excluding hydrogens is 248 g/mol. The molecule has 2 aliphatic rings. The Morgan fingerprint density at radius 3 is 2.70 bits per heavy atom. The molecule has 20 heavy (non-hydrogen) atoms. The van der Waals surface area contributed by atoms with Crippen molar-refractivity contribution in [2.24, 2.45) is 5.92 Å². The van der Waals surface area contributed by atoms with Gasteiger partial charge in [0, 0.05) is 12.1 Å². The van der Waals surface area contributed by atoms with Gasteiger partial charge in [-0.25, -0.2) is 0 Å². The molecule has 1 aromatic carbocycles. The minimum Gasteiger partial charge on any atom is -0.352 e. The molecule has 1 aliphatic carbocycles. The molecule has 1 amide bonds. The minimum absolute atomic E-state index is 0.102. The van der Waals surface area contributed by atoms with Crippen LogP contribution in [-0.2, 0) is 0 Å². The molecule has 3 heteroatoms. The lowest BCUT2D eigenvalue weighted by Crippen LogP contribution is -2.28. The highest BCUT2D eigenvalue weighted by atomic mass is 16.1. The highest BCUT2D eigenvalue weighted by molar-refractivity contribution is 5.95. The van der Waals surface area contributed by atoms with Crippen molar-refractivity contribution in [2.45, 2.75) is 38.5 Å². The van der Waals surface area contributed by atoms with Crippen LogP contribution in [0.2, 0.25) is 0 Å². The average Bonchev–Trinajstić information content (AvgIpc) is 3.30. The van der Waals surface area contributed by atoms with Gasteiger partial charge < -0.3 is 10.6 Å². The van der Waals surface area contributed by atoms with Crippen molar-refractivity contribution >= 4 is 5.91 Å². The normalized spacial score (nSPS) is 19.9. The van der Waals surface area contributed by atoms with Crippen LogP contribution in [0.15, 0.2) is 18.2 Å². The molecule has 0 bridgehead atoms. The second-order valence-corrected chi connectivity index (χ2v) is 6.25. The zero-order valence-corrected chi connectivity index (χ0v) is 12.2. The third kappa shape index (κ3) is 3.21. The third-order valence-corrected chi connectivity index (χ3v) is 4.57. The van der Waals surface area contributed by atoms with Gasteiger partial charge in [0.25, 0.3) is 5.91 Å². The standard InChI is InChI=1S/C17H24N2O/c1-12-2-5-15(14-6-8-18-9-7-14)10-16(12)17(20)19-11-13-3-4-13/h2,5,10,13-14,18H,3-4,6-9,11H2,1H3,(H,19,20). The molecule has 0 spiro atoms. The maximum Gasteiger partial charge on any atom is 0.251 e. The Balaban J connectivity index is 1.72. The Labute approximate surface area is 121 Å². The number of aryl methyl sites for hydroxylation is 1. The maximum atomic E-state index is 12.3. The monoisotopic (exact) mass is 272 g/mol.